The molecule has 148 valence electrons. The molecule has 2 heterocycles. The number of allylic oxidation sites excluding steroid dienone is 1. The third kappa shape index (κ3) is 2.48. The van der Waals surface area contributed by atoms with Crippen LogP contribution in [0.2, 0.25) is 0 Å². The fourth-order valence-corrected chi connectivity index (χ4v) is 5.29. The van der Waals surface area contributed by atoms with Crippen LogP contribution in [0.4, 0.5) is 0 Å². The van der Waals surface area contributed by atoms with Crippen molar-refractivity contribution in [3.8, 4) is 0 Å². The van der Waals surface area contributed by atoms with Crippen molar-refractivity contribution in [2.75, 3.05) is 27.3 Å². The summed E-state index contributed by atoms with van der Waals surface area (Å²) in [6.07, 6.45) is 2.62. The molecule has 2 bridgehead atoms. The van der Waals surface area contributed by atoms with Crippen molar-refractivity contribution in [3.05, 3.63) is 47.2 Å². The number of methoxy groups -OCH3 is 1. The minimum Gasteiger partial charge on any atom is -0.468 e. The van der Waals surface area contributed by atoms with Gasteiger partial charge in [0.15, 0.2) is 5.78 Å². The highest BCUT2D eigenvalue weighted by atomic mass is 16.5. The van der Waals surface area contributed by atoms with Gasteiger partial charge in [-0.2, -0.15) is 0 Å². The first-order valence-electron chi connectivity index (χ1n) is 9.65. The number of hydrogen-bond acceptors (Lipinski definition) is 5. The van der Waals surface area contributed by atoms with Gasteiger partial charge < -0.3 is 14.8 Å². The van der Waals surface area contributed by atoms with E-state index in [1.165, 1.54) is 7.11 Å². The molecule has 3 atom stereocenters. The zero-order valence-electron chi connectivity index (χ0n) is 16.5. The summed E-state index contributed by atoms with van der Waals surface area (Å²) in [6.45, 7) is 2.22. The van der Waals surface area contributed by atoms with E-state index in [2.05, 4.69) is 9.88 Å². The van der Waals surface area contributed by atoms with Crippen LogP contribution in [0.3, 0.4) is 0 Å². The molecular weight excluding hydrogens is 356 g/mol. The molecule has 4 rings (SSSR count). The van der Waals surface area contributed by atoms with Gasteiger partial charge in [0, 0.05) is 35.8 Å². The highest BCUT2D eigenvalue weighted by Gasteiger charge is 2.58. The van der Waals surface area contributed by atoms with E-state index in [1.807, 2.05) is 44.3 Å². The molecule has 2 aliphatic rings. The zero-order valence-corrected chi connectivity index (χ0v) is 16.5. The molecule has 0 spiro atoms. The average molecular weight is 382 g/mol. The number of fused-ring (bicyclic) bond motifs is 5. The number of para-hydroxylation sites is 1. The van der Waals surface area contributed by atoms with E-state index >= 15 is 0 Å². The number of H-pyrrole nitrogens is 1. The summed E-state index contributed by atoms with van der Waals surface area (Å²) in [5.41, 5.74) is 2.28. The lowest BCUT2D eigenvalue weighted by molar-refractivity contribution is -0.168. The van der Waals surface area contributed by atoms with Crippen LogP contribution in [0, 0.1) is 11.3 Å². The number of Topliss-reactive ketones (excluding diaryl/α,β-unsaturated/α-hetero) is 1. The van der Waals surface area contributed by atoms with Crippen LogP contribution in [0.5, 0.6) is 0 Å². The summed E-state index contributed by atoms with van der Waals surface area (Å²) >= 11 is 0. The summed E-state index contributed by atoms with van der Waals surface area (Å²) in [5, 5.41) is 11.5. The minimum atomic E-state index is -1.17. The fraction of sp³-hybridized carbons (Fsp3) is 0.455. The Labute approximate surface area is 164 Å². The molecule has 1 fully saturated rings. The molecule has 1 aromatic heterocycles. The van der Waals surface area contributed by atoms with Crippen molar-refractivity contribution in [1.29, 1.82) is 0 Å². The van der Waals surface area contributed by atoms with E-state index in [1.54, 1.807) is 0 Å². The third-order valence-electron chi connectivity index (χ3n) is 6.71. The van der Waals surface area contributed by atoms with Crippen LogP contribution in [-0.2, 0) is 16.0 Å². The number of aliphatic hydroxyl groups excluding tert-OH is 1. The van der Waals surface area contributed by atoms with E-state index in [0.29, 0.717) is 18.7 Å². The summed E-state index contributed by atoms with van der Waals surface area (Å²) in [4.78, 5) is 31.8. The average Bonchev–Trinajstić information content (AvgIpc) is 3.07. The first kappa shape index (κ1) is 18.9. The number of carbonyl (C=O) groups excluding carboxylic acids is 2. The van der Waals surface area contributed by atoms with E-state index in [0.717, 1.165) is 22.0 Å². The molecule has 0 saturated carbocycles. The van der Waals surface area contributed by atoms with Gasteiger partial charge in [-0.25, -0.2) is 0 Å². The lowest BCUT2D eigenvalue weighted by Gasteiger charge is -2.52. The van der Waals surface area contributed by atoms with Gasteiger partial charge in [-0.15, -0.1) is 0 Å². The molecule has 1 unspecified atom stereocenters. The quantitative estimate of drug-likeness (QED) is 0.615. The molecular formula is C22H26N2O4. The third-order valence-corrected chi connectivity index (χ3v) is 6.71. The minimum absolute atomic E-state index is 0.0275. The SMILES string of the molecule is CC=C1CN(C)[C@H]2Cc3c([nH]c4ccccc34)C(=O)C[C@H]1C2(CO)C(=O)OC. The number of likely N-dealkylation sites (N-methyl/N-ethyl adjacent to an activating group) is 1. The standard InChI is InChI=1S/C22H26N2O4/c1-4-13-11-24(2)19-9-15-14-7-5-6-8-17(14)23-20(15)18(26)10-16(13)22(19,12-25)21(27)28-3/h4-8,16,19,23,25H,9-12H2,1-3H3/t16-,19+,22?/m1/s1. The van der Waals surface area contributed by atoms with E-state index in [9.17, 15) is 14.7 Å². The van der Waals surface area contributed by atoms with Gasteiger partial charge >= 0.3 is 5.97 Å². The summed E-state index contributed by atoms with van der Waals surface area (Å²) < 4.78 is 5.18. The number of esters is 1. The number of benzene rings is 1. The van der Waals surface area contributed by atoms with Gasteiger partial charge in [0.2, 0.25) is 0 Å². The maximum atomic E-state index is 13.3. The van der Waals surface area contributed by atoms with Crippen LogP contribution in [0.15, 0.2) is 35.9 Å². The van der Waals surface area contributed by atoms with Crippen molar-refractivity contribution in [2.24, 2.45) is 11.3 Å². The molecule has 6 heteroatoms. The number of piperidine rings is 1. The predicted octanol–water partition coefficient (Wildman–Crippen LogP) is 2.33. The number of nitrogens with zero attached hydrogens (tertiary/aromatic N) is 1. The lowest BCUT2D eigenvalue weighted by Crippen LogP contribution is -2.63. The summed E-state index contributed by atoms with van der Waals surface area (Å²) in [5.74, 6) is -0.865. The Kier molecular flexibility index (Phi) is 4.63. The Morgan fingerprint density at radius 3 is 2.82 bits per heavy atom. The number of ether oxygens (including phenoxy) is 1. The van der Waals surface area contributed by atoms with Crippen molar-refractivity contribution < 1.29 is 19.4 Å². The van der Waals surface area contributed by atoms with Crippen LogP contribution < -0.4 is 0 Å². The second kappa shape index (κ2) is 6.87. The number of rotatable bonds is 2. The highest BCUT2D eigenvalue weighted by Crippen LogP contribution is 2.49. The summed E-state index contributed by atoms with van der Waals surface area (Å²) in [7, 11) is 3.32. The van der Waals surface area contributed by atoms with Crippen molar-refractivity contribution in [3.63, 3.8) is 0 Å². The smallest absolute Gasteiger partial charge is 0.316 e. The lowest BCUT2D eigenvalue weighted by atomic mass is 9.60. The van der Waals surface area contributed by atoms with Crippen molar-refractivity contribution in [1.82, 2.24) is 9.88 Å². The number of hydrogen-bond donors (Lipinski definition) is 2. The summed E-state index contributed by atoms with van der Waals surface area (Å²) in [6, 6.07) is 7.57. The largest absolute Gasteiger partial charge is 0.468 e. The highest BCUT2D eigenvalue weighted by molar-refractivity contribution is 6.03. The number of aromatic nitrogens is 1. The molecule has 0 radical (unpaired) electrons. The Hall–Kier alpha value is -2.44. The Bertz CT molecular complexity index is 976. The topological polar surface area (TPSA) is 82.6 Å². The zero-order chi connectivity index (χ0) is 20.1. The predicted molar refractivity (Wildman–Crippen MR) is 106 cm³/mol. The maximum Gasteiger partial charge on any atom is 0.316 e. The first-order chi connectivity index (χ1) is 13.5. The van der Waals surface area contributed by atoms with Gasteiger partial charge in [0.05, 0.1) is 19.4 Å². The van der Waals surface area contributed by atoms with E-state index < -0.39 is 11.4 Å². The number of aromatic amines is 1. The molecule has 1 saturated heterocycles. The maximum absolute atomic E-state index is 13.3. The van der Waals surface area contributed by atoms with Crippen molar-refractivity contribution in [2.45, 2.75) is 25.8 Å². The molecule has 2 N–H and O–H groups in total. The van der Waals surface area contributed by atoms with Gasteiger partial charge in [-0.3, -0.25) is 14.5 Å². The monoisotopic (exact) mass is 382 g/mol. The fourth-order valence-electron chi connectivity index (χ4n) is 5.29. The second-order valence-electron chi connectivity index (χ2n) is 7.89. The van der Waals surface area contributed by atoms with Crippen LogP contribution in [0.1, 0.15) is 29.4 Å². The molecule has 28 heavy (non-hydrogen) atoms. The Balaban J connectivity index is 1.99. The van der Waals surface area contributed by atoms with Gasteiger partial charge in [0.1, 0.15) is 5.41 Å². The molecule has 2 aromatic rings. The van der Waals surface area contributed by atoms with Crippen LogP contribution >= 0.6 is 0 Å². The number of likely N-dealkylation sites (tertiary alicyclic amines) is 1. The van der Waals surface area contributed by atoms with Crippen LogP contribution in [-0.4, -0.2) is 60.1 Å². The van der Waals surface area contributed by atoms with Crippen LogP contribution in [0.25, 0.3) is 10.9 Å². The number of aliphatic hydroxyl groups is 1. The van der Waals surface area contributed by atoms with E-state index in [4.69, 9.17) is 4.74 Å². The van der Waals surface area contributed by atoms with Gasteiger partial charge in [0.25, 0.3) is 0 Å². The van der Waals surface area contributed by atoms with Gasteiger partial charge in [-0.1, -0.05) is 29.8 Å². The number of carbonyl (C=O) groups is 2. The van der Waals surface area contributed by atoms with Crippen molar-refractivity contribution >= 4 is 22.7 Å². The second-order valence-corrected chi connectivity index (χ2v) is 7.89. The number of ketones is 1. The molecule has 0 amide bonds. The van der Waals surface area contributed by atoms with E-state index in [-0.39, 0.29) is 30.8 Å². The molecule has 6 nitrogen and oxygen atoms in total. The molecule has 1 aliphatic carbocycles. The van der Waals surface area contributed by atoms with Gasteiger partial charge in [-0.05, 0) is 32.0 Å². The number of nitrogens with one attached hydrogen (secondary N) is 1. The Morgan fingerprint density at radius 2 is 2.14 bits per heavy atom. The molecule has 1 aromatic carbocycles. The normalized spacial score (nSPS) is 29.4. The Morgan fingerprint density at radius 1 is 1.39 bits per heavy atom. The molecule has 1 aliphatic heterocycles. The first-order valence-corrected chi connectivity index (χ1v) is 9.65.